The summed E-state index contributed by atoms with van der Waals surface area (Å²) in [5.41, 5.74) is 0.716. The van der Waals surface area contributed by atoms with Crippen molar-refractivity contribution in [3.8, 4) is 17.6 Å². The molecule has 0 unspecified atom stereocenters. The molecule has 0 atom stereocenters. The molecule has 0 aliphatic carbocycles. The predicted molar refractivity (Wildman–Crippen MR) is 132 cm³/mol. The number of ketones is 1. The van der Waals surface area contributed by atoms with Crippen molar-refractivity contribution >= 4 is 27.1 Å². The summed E-state index contributed by atoms with van der Waals surface area (Å²) in [5, 5.41) is 9.00. The number of hydrogen-bond donors (Lipinski definition) is 0. The van der Waals surface area contributed by atoms with E-state index < -0.39 is 15.6 Å². The summed E-state index contributed by atoms with van der Waals surface area (Å²) in [7, 11) is -3.79. The summed E-state index contributed by atoms with van der Waals surface area (Å²) in [6, 6.07) is 18.5. The summed E-state index contributed by atoms with van der Waals surface area (Å²) in [6.07, 6.45) is 2.00. The van der Waals surface area contributed by atoms with E-state index in [1.54, 1.807) is 36.5 Å². The van der Waals surface area contributed by atoms with Crippen molar-refractivity contribution in [2.45, 2.75) is 23.3 Å². The fourth-order valence-electron chi connectivity index (χ4n) is 4.88. The maximum Gasteiger partial charge on any atom is 0.243 e. The van der Waals surface area contributed by atoms with E-state index >= 15 is 0 Å². The van der Waals surface area contributed by atoms with Crippen LogP contribution >= 0.6 is 0 Å². The van der Waals surface area contributed by atoms with Crippen LogP contribution in [0, 0.1) is 11.3 Å². The second kappa shape index (κ2) is 8.73. The van der Waals surface area contributed by atoms with Crippen molar-refractivity contribution in [2.75, 3.05) is 19.9 Å². The van der Waals surface area contributed by atoms with Gasteiger partial charge in [0.2, 0.25) is 22.6 Å². The number of rotatable bonds is 4. The van der Waals surface area contributed by atoms with Gasteiger partial charge in [-0.1, -0.05) is 12.1 Å². The number of benzene rings is 2. The SMILES string of the molecule is N#Cc1ccc(S(=O)(=O)N2CCC3(CC2)OC(c2ccccn2)=C(c2ccc4c(c2)OCO4)C3=O)cc1. The zero-order valence-electron chi connectivity index (χ0n) is 19.6. The molecule has 3 aliphatic heterocycles. The van der Waals surface area contributed by atoms with E-state index in [0.29, 0.717) is 39.7 Å². The molecule has 1 saturated heterocycles. The topological polar surface area (TPSA) is 119 Å². The number of sulfonamides is 1. The van der Waals surface area contributed by atoms with Crippen molar-refractivity contribution in [1.82, 2.24) is 9.29 Å². The third kappa shape index (κ3) is 3.84. The average molecular weight is 516 g/mol. The van der Waals surface area contributed by atoms with Gasteiger partial charge < -0.3 is 14.2 Å². The molecule has 4 heterocycles. The minimum Gasteiger partial charge on any atom is -0.476 e. The largest absolute Gasteiger partial charge is 0.476 e. The lowest BCUT2D eigenvalue weighted by atomic mass is 9.84. The molecule has 1 fully saturated rings. The van der Waals surface area contributed by atoms with Gasteiger partial charge in [-0.25, -0.2) is 8.42 Å². The zero-order chi connectivity index (χ0) is 25.6. The molecular weight excluding hydrogens is 494 g/mol. The van der Waals surface area contributed by atoms with E-state index in [1.165, 1.54) is 28.6 Å². The minimum atomic E-state index is -3.79. The van der Waals surface area contributed by atoms with Gasteiger partial charge in [0.25, 0.3) is 0 Å². The predicted octanol–water partition coefficient (Wildman–Crippen LogP) is 3.37. The van der Waals surface area contributed by atoms with Crippen LogP contribution in [-0.4, -0.2) is 49.0 Å². The van der Waals surface area contributed by atoms with Crippen molar-refractivity contribution in [3.05, 3.63) is 83.7 Å². The van der Waals surface area contributed by atoms with Crippen LogP contribution in [0.2, 0.25) is 0 Å². The van der Waals surface area contributed by atoms with Crippen LogP contribution in [0.15, 0.2) is 71.8 Å². The van der Waals surface area contributed by atoms with Crippen molar-refractivity contribution in [1.29, 1.82) is 5.26 Å². The van der Waals surface area contributed by atoms with E-state index in [1.807, 2.05) is 12.1 Å². The molecule has 9 nitrogen and oxygen atoms in total. The van der Waals surface area contributed by atoms with Gasteiger partial charge in [0, 0.05) is 32.1 Å². The number of hydrogen-bond acceptors (Lipinski definition) is 8. The molecule has 37 heavy (non-hydrogen) atoms. The Morgan fingerprint density at radius 1 is 0.973 bits per heavy atom. The highest BCUT2D eigenvalue weighted by Crippen LogP contribution is 2.47. The summed E-state index contributed by atoms with van der Waals surface area (Å²) in [6.45, 7) is 0.332. The molecule has 0 amide bonds. The number of pyridine rings is 1. The molecule has 1 aromatic heterocycles. The van der Waals surface area contributed by atoms with Crippen LogP contribution in [0.3, 0.4) is 0 Å². The number of Topliss-reactive ketones (excluding diaryl/α,β-unsaturated/α-hetero) is 1. The number of nitrogens with zero attached hydrogens (tertiary/aromatic N) is 3. The second-order valence-corrected chi connectivity index (χ2v) is 10.9. The Morgan fingerprint density at radius 3 is 2.43 bits per heavy atom. The van der Waals surface area contributed by atoms with Gasteiger partial charge in [-0.05, 0) is 54.1 Å². The van der Waals surface area contributed by atoms with E-state index in [0.717, 1.165) is 0 Å². The fourth-order valence-corrected chi connectivity index (χ4v) is 6.32. The number of fused-ring (bicyclic) bond motifs is 1. The number of aromatic nitrogens is 1. The monoisotopic (exact) mass is 515 g/mol. The van der Waals surface area contributed by atoms with E-state index in [4.69, 9.17) is 19.5 Å². The Bertz CT molecular complexity index is 1570. The summed E-state index contributed by atoms with van der Waals surface area (Å²) in [5.74, 6) is 1.31. The molecule has 1 spiro atoms. The second-order valence-electron chi connectivity index (χ2n) is 8.95. The summed E-state index contributed by atoms with van der Waals surface area (Å²) >= 11 is 0. The first-order chi connectivity index (χ1) is 17.9. The maximum absolute atomic E-state index is 14.0. The fraction of sp³-hybridized carbons (Fsp3) is 0.222. The molecule has 2 aromatic carbocycles. The summed E-state index contributed by atoms with van der Waals surface area (Å²) < 4.78 is 45.1. The van der Waals surface area contributed by atoms with Crippen LogP contribution < -0.4 is 9.47 Å². The number of ether oxygens (including phenoxy) is 3. The Balaban J connectivity index is 1.31. The lowest BCUT2D eigenvalue weighted by Gasteiger charge is -2.37. The van der Waals surface area contributed by atoms with Gasteiger partial charge in [-0.3, -0.25) is 9.78 Å². The first-order valence-corrected chi connectivity index (χ1v) is 13.2. The van der Waals surface area contributed by atoms with Crippen LogP contribution in [-0.2, 0) is 19.6 Å². The Hall–Kier alpha value is -4.20. The highest BCUT2D eigenvalue weighted by atomic mass is 32.2. The Kier molecular flexibility index (Phi) is 5.47. The molecule has 3 aromatic rings. The molecule has 0 radical (unpaired) electrons. The van der Waals surface area contributed by atoms with E-state index in [9.17, 15) is 13.2 Å². The van der Waals surface area contributed by atoms with E-state index in [2.05, 4.69) is 4.98 Å². The van der Waals surface area contributed by atoms with Crippen molar-refractivity contribution in [2.24, 2.45) is 0 Å². The lowest BCUT2D eigenvalue weighted by molar-refractivity contribution is -0.131. The first kappa shape index (κ1) is 23.2. The van der Waals surface area contributed by atoms with Crippen LogP contribution in [0.4, 0.5) is 0 Å². The van der Waals surface area contributed by atoms with Gasteiger partial charge in [0.15, 0.2) is 22.9 Å². The number of piperidine rings is 1. The molecule has 186 valence electrons. The number of nitriles is 1. The molecule has 3 aliphatic rings. The average Bonchev–Trinajstić information content (AvgIpc) is 3.51. The molecular formula is C27H21N3O6S. The number of carbonyl (C=O) groups excluding carboxylic acids is 1. The molecule has 0 saturated carbocycles. The smallest absolute Gasteiger partial charge is 0.243 e. The van der Waals surface area contributed by atoms with Crippen LogP contribution in [0.1, 0.15) is 29.7 Å². The summed E-state index contributed by atoms with van der Waals surface area (Å²) in [4.78, 5) is 18.5. The standard InChI is InChI=1S/C27H21N3O6S/c28-16-18-4-7-20(8-5-18)37(32,33)30-13-10-27(11-14-30)26(31)24(25(36-27)21-3-1-2-12-29-21)19-6-9-22-23(15-19)35-17-34-22/h1-9,12,15H,10-11,13-14,17H2. The highest BCUT2D eigenvalue weighted by Gasteiger charge is 2.53. The van der Waals surface area contributed by atoms with Crippen LogP contribution in [0.25, 0.3) is 11.3 Å². The molecule has 0 N–H and O–H groups in total. The molecule has 10 heteroatoms. The Labute approximate surface area is 213 Å². The third-order valence-corrected chi connectivity index (χ3v) is 8.79. The third-order valence-electron chi connectivity index (χ3n) is 6.88. The normalized spacial score (nSPS) is 18.6. The lowest BCUT2D eigenvalue weighted by Crippen LogP contribution is -2.50. The van der Waals surface area contributed by atoms with Gasteiger partial charge >= 0.3 is 0 Å². The number of carbonyl (C=O) groups is 1. The molecule has 6 rings (SSSR count). The minimum absolute atomic E-state index is 0.106. The van der Waals surface area contributed by atoms with Gasteiger partial charge in [0.1, 0.15) is 5.69 Å². The van der Waals surface area contributed by atoms with Gasteiger partial charge in [-0.2, -0.15) is 9.57 Å². The van der Waals surface area contributed by atoms with Crippen molar-refractivity contribution in [3.63, 3.8) is 0 Å². The maximum atomic E-state index is 14.0. The van der Waals surface area contributed by atoms with Gasteiger partial charge in [-0.15, -0.1) is 0 Å². The zero-order valence-corrected chi connectivity index (χ0v) is 20.4. The van der Waals surface area contributed by atoms with Crippen LogP contribution in [0.5, 0.6) is 11.5 Å². The molecule has 0 bridgehead atoms. The quantitative estimate of drug-likeness (QED) is 0.519. The Morgan fingerprint density at radius 2 is 1.73 bits per heavy atom. The van der Waals surface area contributed by atoms with E-state index in [-0.39, 0.29) is 43.4 Å². The van der Waals surface area contributed by atoms with Crippen molar-refractivity contribution < 1.29 is 27.4 Å². The highest BCUT2D eigenvalue weighted by molar-refractivity contribution is 7.89. The first-order valence-electron chi connectivity index (χ1n) is 11.7. The van der Waals surface area contributed by atoms with Gasteiger partial charge in [0.05, 0.1) is 22.1 Å².